The van der Waals surface area contributed by atoms with Crippen molar-refractivity contribution >= 4 is 11.4 Å². The lowest BCUT2D eigenvalue weighted by Crippen LogP contribution is -2.25. The van der Waals surface area contributed by atoms with Crippen LogP contribution in [0.3, 0.4) is 0 Å². The minimum atomic E-state index is -0.357. The molecule has 0 aliphatic heterocycles. The Morgan fingerprint density at radius 2 is 2.00 bits per heavy atom. The number of benzene rings is 2. The summed E-state index contributed by atoms with van der Waals surface area (Å²) in [7, 11) is 0. The van der Waals surface area contributed by atoms with Gasteiger partial charge in [0.1, 0.15) is 5.82 Å². The standard InChI is InChI=1S/C17H18FN3/c1-2-9-21(17-6-4-3-5-16(17)20)12-14-8-7-13(11-19)10-15(14)18/h3-8,10H,2,9,12,20H2,1H3. The predicted molar refractivity (Wildman–Crippen MR) is 83.3 cm³/mol. The minimum Gasteiger partial charge on any atom is -0.397 e. The van der Waals surface area contributed by atoms with E-state index in [0.29, 0.717) is 23.4 Å². The van der Waals surface area contributed by atoms with Crippen molar-refractivity contribution in [3.8, 4) is 6.07 Å². The number of nitrogens with two attached hydrogens (primary N) is 1. The largest absolute Gasteiger partial charge is 0.397 e. The molecule has 0 aliphatic rings. The SMILES string of the molecule is CCCN(Cc1ccc(C#N)cc1F)c1ccccc1N. The number of para-hydroxylation sites is 2. The highest BCUT2D eigenvalue weighted by molar-refractivity contribution is 5.67. The molecule has 0 unspecified atom stereocenters. The van der Waals surface area contributed by atoms with Gasteiger partial charge in [-0.2, -0.15) is 5.26 Å². The Morgan fingerprint density at radius 3 is 2.62 bits per heavy atom. The second kappa shape index (κ2) is 6.76. The number of nitrogen functional groups attached to an aromatic ring is 1. The summed E-state index contributed by atoms with van der Waals surface area (Å²) in [5.74, 6) is -0.357. The van der Waals surface area contributed by atoms with Gasteiger partial charge in [0.2, 0.25) is 0 Å². The van der Waals surface area contributed by atoms with Gasteiger partial charge in [0, 0.05) is 18.7 Å². The fraction of sp³-hybridized carbons (Fsp3) is 0.235. The third-order valence-electron chi connectivity index (χ3n) is 3.31. The number of halogens is 1. The first-order valence-corrected chi connectivity index (χ1v) is 6.93. The molecular formula is C17H18FN3. The van der Waals surface area contributed by atoms with E-state index in [2.05, 4.69) is 11.8 Å². The van der Waals surface area contributed by atoms with E-state index in [4.69, 9.17) is 11.0 Å². The molecular weight excluding hydrogens is 265 g/mol. The highest BCUT2D eigenvalue weighted by Crippen LogP contribution is 2.25. The predicted octanol–water partition coefficient (Wildman–Crippen LogP) is 3.70. The lowest BCUT2D eigenvalue weighted by atomic mass is 10.1. The van der Waals surface area contributed by atoms with Gasteiger partial charge in [0.05, 0.1) is 23.0 Å². The summed E-state index contributed by atoms with van der Waals surface area (Å²) in [6, 6.07) is 14.1. The summed E-state index contributed by atoms with van der Waals surface area (Å²) < 4.78 is 14.0. The number of anilines is 2. The third kappa shape index (κ3) is 3.51. The van der Waals surface area contributed by atoms with Gasteiger partial charge in [-0.25, -0.2) is 4.39 Å². The van der Waals surface area contributed by atoms with Crippen LogP contribution in [0.4, 0.5) is 15.8 Å². The van der Waals surface area contributed by atoms with Crippen molar-refractivity contribution in [2.75, 3.05) is 17.2 Å². The number of nitrogens with zero attached hydrogens (tertiary/aromatic N) is 2. The third-order valence-corrected chi connectivity index (χ3v) is 3.31. The zero-order valence-corrected chi connectivity index (χ0v) is 12.0. The zero-order chi connectivity index (χ0) is 15.2. The highest BCUT2D eigenvalue weighted by Gasteiger charge is 2.12. The first-order valence-electron chi connectivity index (χ1n) is 6.93. The maximum absolute atomic E-state index is 14.0. The van der Waals surface area contributed by atoms with Crippen molar-refractivity contribution in [3.63, 3.8) is 0 Å². The van der Waals surface area contributed by atoms with Crippen molar-refractivity contribution in [1.82, 2.24) is 0 Å². The van der Waals surface area contributed by atoms with Gasteiger partial charge in [-0.05, 0) is 30.7 Å². The van der Waals surface area contributed by atoms with E-state index in [1.807, 2.05) is 30.3 Å². The second-order valence-corrected chi connectivity index (χ2v) is 4.90. The lowest BCUT2D eigenvalue weighted by molar-refractivity contribution is 0.602. The number of hydrogen-bond acceptors (Lipinski definition) is 3. The van der Waals surface area contributed by atoms with Gasteiger partial charge in [-0.3, -0.25) is 0 Å². The van der Waals surface area contributed by atoms with E-state index >= 15 is 0 Å². The van der Waals surface area contributed by atoms with E-state index in [-0.39, 0.29) is 5.82 Å². The Labute approximate surface area is 124 Å². The molecule has 0 radical (unpaired) electrons. The summed E-state index contributed by atoms with van der Waals surface area (Å²) in [5, 5.41) is 8.79. The fourth-order valence-corrected chi connectivity index (χ4v) is 2.28. The van der Waals surface area contributed by atoms with Gasteiger partial charge in [0.25, 0.3) is 0 Å². The second-order valence-electron chi connectivity index (χ2n) is 4.90. The number of hydrogen-bond donors (Lipinski definition) is 1. The van der Waals surface area contributed by atoms with E-state index in [9.17, 15) is 4.39 Å². The van der Waals surface area contributed by atoms with Crippen molar-refractivity contribution in [3.05, 3.63) is 59.4 Å². The maximum atomic E-state index is 14.0. The molecule has 0 amide bonds. The molecule has 4 heteroatoms. The molecule has 2 rings (SSSR count). The van der Waals surface area contributed by atoms with E-state index in [1.54, 1.807) is 12.1 Å². The number of rotatable bonds is 5. The van der Waals surface area contributed by atoms with Crippen LogP contribution in [0.2, 0.25) is 0 Å². The minimum absolute atomic E-state index is 0.331. The molecule has 0 heterocycles. The van der Waals surface area contributed by atoms with Gasteiger partial charge < -0.3 is 10.6 Å². The molecule has 0 saturated heterocycles. The van der Waals surface area contributed by atoms with Crippen molar-refractivity contribution < 1.29 is 4.39 Å². The Morgan fingerprint density at radius 1 is 1.24 bits per heavy atom. The van der Waals surface area contributed by atoms with Crippen LogP contribution in [0.5, 0.6) is 0 Å². The molecule has 0 bridgehead atoms. The average Bonchev–Trinajstić information content (AvgIpc) is 2.49. The molecule has 2 aromatic rings. The highest BCUT2D eigenvalue weighted by atomic mass is 19.1. The van der Waals surface area contributed by atoms with Crippen LogP contribution in [-0.4, -0.2) is 6.54 Å². The van der Waals surface area contributed by atoms with Crippen molar-refractivity contribution in [2.24, 2.45) is 0 Å². The van der Waals surface area contributed by atoms with Crippen LogP contribution in [0.15, 0.2) is 42.5 Å². The molecule has 0 aliphatic carbocycles. The topological polar surface area (TPSA) is 53.0 Å². The molecule has 0 atom stereocenters. The normalized spacial score (nSPS) is 10.1. The Balaban J connectivity index is 2.29. The van der Waals surface area contributed by atoms with Crippen LogP contribution < -0.4 is 10.6 Å². The Bertz CT molecular complexity index is 661. The average molecular weight is 283 g/mol. The van der Waals surface area contributed by atoms with Crippen molar-refractivity contribution in [1.29, 1.82) is 5.26 Å². The lowest BCUT2D eigenvalue weighted by Gasteiger charge is -2.26. The fourth-order valence-electron chi connectivity index (χ4n) is 2.28. The zero-order valence-electron chi connectivity index (χ0n) is 12.0. The van der Waals surface area contributed by atoms with Gasteiger partial charge in [-0.1, -0.05) is 25.1 Å². The molecule has 2 N–H and O–H groups in total. The molecule has 108 valence electrons. The van der Waals surface area contributed by atoms with Crippen molar-refractivity contribution in [2.45, 2.75) is 19.9 Å². The monoisotopic (exact) mass is 283 g/mol. The van der Waals surface area contributed by atoms with Crippen LogP contribution in [0.1, 0.15) is 24.5 Å². The summed E-state index contributed by atoms with van der Waals surface area (Å²) in [4.78, 5) is 2.06. The van der Waals surface area contributed by atoms with E-state index < -0.39 is 0 Å². The van der Waals surface area contributed by atoms with Gasteiger partial charge in [0.15, 0.2) is 0 Å². The summed E-state index contributed by atoms with van der Waals surface area (Å²) in [5.41, 5.74) is 8.49. The summed E-state index contributed by atoms with van der Waals surface area (Å²) in [6.45, 7) is 3.29. The molecule has 0 spiro atoms. The van der Waals surface area contributed by atoms with Gasteiger partial charge >= 0.3 is 0 Å². The maximum Gasteiger partial charge on any atom is 0.129 e. The first kappa shape index (κ1) is 14.9. The Hall–Kier alpha value is -2.54. The summed E-state index contributed by atoms with van der Waals surface area (Å²) in [6.07, 6.45) is 0.937. The van der Waals surface area contributed by atoms with Crippen LogP contribution in [0.25, 0.3) is 0 Å². The molecule has 0 saturated carbocycles. The molecule has 2 aromatic carbocycles. The molecule has 0 aromatic heterocycles. The van der Waals surface area contributed by atoms with E-state index in [1.165, 1.54) is 6.07 Å². The number of nitriles is 1. The van der Waals surface area contributed by atoms with Crippen LogP contribution in [0, 0.1) is 17.1 Å². The molecule has 0 fully saturated rings. The molecule has 3 nitrogen and oxygen atoms in total. The van der Waals surface area contributed by atoms with Crippen LogP contribution in [-0.2, 0) is 6.54 Å². The van der Waals surface area contributed by atoms with E-state index in [0.717, 1.165) is 18.7 Å². The summed E-state index contributed by atoms with van der Waals surface area (Å²) >= 11 is 0. The van der Waals surface area contributed by atoms with Crippen LogP contribution >= 0.6 is 0 Å². The first-order chi connectivity index (χ1) is 10.2. The smallest absolute Gasteiger partial charge is 0.129 e. The molecule has 21 heavy (non-hydrogen) atoms. The Kier molecular flexibility index (Phi) is 4.78. The van der Waals surface area contributed by atoms with Gasteiger partial charge in [-0.15, -0.1) is 0 Å². The quantitative estimate of drug-likeness (QED) is 0.851.